The molecule has 0 aromatic heterocycles. The predicted octanol–water partition coefficient (Wildman–Crippen LogP) is 14.5. The Labute approximate surface area is 302 Å². The molecule has 2 rings (SSSR count). The van der Waals surface area contributed by atoms with E-state index in [1.54, 1.807) is 0 Å². The summed E-state index contributed by atoms with van der Waals surface area (Å²) in [6, 6.07) is 15.1. The van der Waals surface area contributed by atoms with E-state index in [1.807, 2.05) is 48.5 Å². The van der Waals surface area contributed by atoms with E-state index in [-0.39, 0.29) is 18.2 Å². The molecule has 0 spiro atoms. The first kappa shape index (κ1) is 42.8. The lowest BCUT2D eigenvalue weighted by molar-refractivity contribution is 0.0626. The lowest BCUT2D eigenvalue weighted by Crippen LogP contribution is -2.16. The van der Waals surface area contributed by atoms with E-state index in [9.17, 15) is 4.79 Å². The van der Waals surface area contributed by atoms with Crippen LogP contribution in [0.5, 0.6) is 11.5 Å². The van der Waals surface area contributed by atoms with Gasteiger partial charge in [0.05, 0.1) is 17.8 Å². The highest BCUT2D eigenvalue weighted by Gasteiger charge is 2.13. The van der Waals surface area contributed by atoms with Gasteiger partial charge in [0.2, 0.25) is 0 Å². The van der Waals surface area contributed by atoms with Crippen molar-refractivity contribution in [2.75, 3.05) is 6.61 Å². The van der Waals surface area contributed by atoms with Crippen molar-refractivity contribution in [3.8, 4) is 11.5 Å². The zero-order valence-corrected chi connectivity index (χ0v) is 32.3. The molecule has 0 saturated heterocycles. The van der Waals surface area contributed by atoms with Crippen molar-refractivity contribution in [3.05, 3.63) is 59.7 Å². The standard InChI is InChI=1S/C45H74O4/c1-5-8-10-12-14-15-16-17-18-19-20-21-22-23-25-27-38-47-39(4)40-30-32-41(33-31-40)45(46)49-44-36-34-43(35-37-44)48-42(28-7-3)29-26-24-13-11-9-6-2/h30-37,39,42H,5-29,38H2,1-4H3. The van der Waals surface area contributed by atoms with E-state index in [0.29, 0.717) is 11.3 Å². The van der Waals surface area contributed by atoms with Crippen molar-refractivity contribution in [1.29, 1.82) is 0 Å². The van der Waals surface area contributed by atoms with Crippen LogP contribution in [-0.4, -0.2) is 18.7 Å². The van der Waals surface area contributed by atoms with Gasteiger partial charge in [-0.25, -0.2) is 4.79 Å². The summed E-state index contributed by atoms with van der Waals surface area (Å²) >= 11 is 0. The van der Waals surface area contributed by atoms with Crippen LogP contribution in [0.2, 0.25) is 0 Å². The molecule has 0 heterocycles. The summed E-state index contributed by atoms with van der Waals surface area (Å²) in [6.45, 7) is 9.62. The first-order valence-corrected chi connectivity index (χ1v) is 20.8. The van der Waals surface area contributed by atoms with Crippen molar-refractivity contribution in [2.45, 2.75) is 200 Å². The molecule has 2 atom stereocenters. The first-order valence-electron chi connectivity index (χ1n) is 20.8. The molecule has 0 amide bonds. The molecule has 0 bridgehead atoms. The van der Waals surface area contributed by atoms with Gasteiger partial charge in [-0.15, -0.1) is 0 Å². The quantitative estimate of drug-likeness (QED) is 0.0439. The lowest BCUT2D eigenvalue weighted by Gasteiger charge is -2.19. The summed E-state index contributed by atoms with van der Waals surface area (Å²) < 4.78 is 18.1. The fourth-order valence-corrected chi connectivity index (χ4v) is 6.58. The van der Waals surface area contributed by atoms with Crippen LogP contribution in [0.15, 0.2) is 48.5 Å². The molecule has 2 aromatic carbocycles. The largest absolute Gasteiger partial charge is 0.490 e. The number of carbonyl (C=O) groups excluding carboxylic acids is 1. The molecule has 0 fully saturated rings. The topological polar surface area (TPSA) is 44.8 Å². The molecule has 0 aliphatic rings. The summed E-state index contributed by atoms with van der Waals surface area (Å²) in [5.74, 6) is 1.01. The third kappa shape index (κ3) is 21.5. The molecule has 278 valence electrons. The Kier molecular flexibility index (Phi) is 25.7. The van der Waals surface area contributed by atoms with Crippen LogP contribution in [0.1, 0.15) is 210 Å². The van der Waals surface area contributed by atoms with Gasteiger partial charge in [-0.1, -0.05) is 168 Å². The average Bonchev–Trinajstić information content (AvgIpc) is 3.12. The van der Waals surface area contributed by atoms with E-state index in [0.717, 1.165) is 43.6 Å². The summed E-state index contributed by atoms with van der Waals surface area (Å²) in [5.41, 5.74) is 1.62. The predicted molar refractivity (Wildman–Crippen MR) is 209 cm³/mol. The molecule has 0 saturated carbocycles. The smallest absolute Gasteiger partial charge is 0.343 e. The molecular formula is C45H74O4. The van der Waals surface area contributed by atoms with Crippen LogP contribution in [0.25, 0.3) is 0 Å². The van der Waals surface area contributed by atoms with E-state index in [4.69, 9.17) is 14.2 Å². The maximum Gasteiger partial charge on any atom is 0.343 e. The fourth-order valence-electron chi connectivity index (χ4n) is 6.58. The van der Waals surface area contributed by atoms with Gasteiger partial charge in [0.15, 0.2) is 0 Å². The Bertz CT molecular complexity index is 1030. The van der Waals surface area contributed by atoms with Crippen molar-refractivity contribution in [3.63, 3.8) is 0 Å². The van der Waals surface area contributed by atoms with Crippen LogP contribution in [0, 0.1) is 0 Å². The molecule has 49 heavy (non-hydrogen) atoms. The zero-order valence-electron chi connectivity index (χ0n) is 32.3. The third-order valence-electron chi connectivity index (χ3n) is 9.81. The van der Waals surface area contributed by atoms with Crippen LogP contribution < -0.4 is 9.47 Å². The highest BCUT2D eigenvalue weighted by Crippen LogP contribution is 2.24. The molecule has 0 aliphatic heterocycles. The SMILES string of the molecule is CCCCCCCCCCCCCCCCCCOC(C)c1ccc(C(=O)Oc2ccc(OC(CCC)CCCCCCCC)cc2)cc1. The second-order valence-corrected chi connectivity index (χ2v) is 14.4. The van der Waals surface area contributed by atoms with Gasteiger partial charge in [0.1, 0.15) is 11.5 Å². The van der Waals surface area contributed by atoms with Crippen molar-refractivity contribution < 1.29 is 19.0 Å². The number of rotatable bonds is 32. The molecular weight excluding hydrogens is 604 g/mol. The summed E-state index contributed by atoms with van der Waals surface area (Å²) in [4.78, 5) is 12.8. The molecule has 4 nitrogen and oxygen atoms in total. The summed E-state index contributed by atoms with van der Waals surface area (Å²) in [7, 11) is 0. The van der Waals surface area contributed by atoms with Gasteiger partial charge in [-0.2, -0.15) is 0 Å². The number of esters is 1. The minimum atomic E-state index is -0.353. The van der Waals surface area contributed by atoms with Crippen LogP contribution >= 0.6 is 0 Å². The normalized spacial score (nSPS) is 12.6. The molecule has 0 radical (unpaired) electrons. The Hall–Kier alpha value is -2.33. The van der Waals surface area contributed by atoms with E-state index in [2.05, 4.69) is 27.7 Å². The van der Waals surface area contributed by atoms with Crippen molar-refractivity contribution in [2.24, 2.45) is 0 Å². The number of unbranched alkanes of at least 4 members (excludes halogenated alkanes) is 20. The molecule has 2 unspecified atom stereocenters. The van der Waals surface area contributed by atoms with Crippen LogP contribution in [-0.2, 0) is 4.74 Å². The Morgan fingerprint density at radius 2 is 0.959 bits per heavy atom. The monoisotopic (exact) mass is 679 g/mol. The molecule has 4 heteroatoms. The van der Waals surface area contributed by atoms with Gasteiger partial charge >= 0.3 is 5.97 Å². The summed E-state index contributed by atoms with van der Waals surface area (Å²) in [6.07, 6.45) is 33.3. The zero-order chi connectivity index (χ0) is 35.2. The Balaban J connectivity index is 1.56. The second-order valence-electron chi connectivity index (χ2n) is 14.4. The highest BCUT2D eigenvalue weighted by molar-refractivity contribution is 5.91. The van der Waals surface area contributed by atoms with Gasteiger partial charge < -0.3 is 14.2 Å². The van der Waals surface area contributed by atoms with Gasteiger partial charge in [0, 0.05) is 6.61 Å². The minimum absolute atomic E-state index is 0.00606. The molecule has 0 aliphatic carbocycles. The fraction of sp³-hybridized carbons (Fsp3) is 0.711. The Morgan fingerprint density at radius 3 is 1.45 bits per heavy atom. The van der Waals surface area contributed by atoms with Gasteiger partial charge in [-0.3, -0.25) is 0 Å². The lowest BCUT2D eigenvalue weighted by atomic mass is 10.0. The first-order chi connectivity index (χ1) is 24.1. The van der Waals surface area contributed by atoms with Gasteiger partial charge in [0.25, 0.3) is 0 Å². The number of hydrogen-bond acceptors (Lipinski definition) is 4. The minimum Gasteiger partial charge on any atom is -0.490 e. The van der Waals surface area contributed by atoms with Crippen LogP contribution in [0.3, 0.4) is 0 Å². The number of carbonyl (C=O) groups is 1. The maximum atomic E-state index is 12.8. The van der Waals surface area contributed by atoms with Crippen molar-refractivity contribution in [1.82, 2.24) is 0 Å². The number of benzene rings is 2. The summed E-state index contributed by atoms with van der Waals surface area (Å²) in [5, 5.41) is 0. The Morgan fingerprint density at radius 1 is 0.510 bits per heavy atom. The van der Waals surface area contributed by atoms with Crippen LogP contribution in [0.4, 0.5) is 0 Å². The van der Waals surface area contributed by atoms with Crippen molar-refractivity contribution >= 4 is 5.97 Å². The highest BCUT2D eigenvalue weighted by atomic mass is 16.5. The number of hydrogen-bond donors (Lipinski definition) is 0. The molecule has 0 N–H and O–H groups in total. The molecule has 2 aromatic rings. The second kappa shape index (κ2) is 29.4. The maximum absolute atomic E-state index is 12.8. The third-order valence-corrected chi connectivity index (χ3v) is 9.81. The van der Waals surface area contributed by atoms with E-state index < -0.39 is 0 Å². The average molecular weight is 679 g/mol. The number of ether oxygens (including phenoxy) is 3. The van der Waals surface area contributed by atoms with E-state index >= 15 is 0 Å². The van der Waals surface area contributed by atoms with E-state index in [1.165, 1.54) is 135 Å². The van der Waals surface area contributed by atoms with Gasteiger partial charge in [-0.05, 0) is 74.6 Å².